The van der Waals surface area contributed by atoms with Gasteiger partial charge in [0.05, 0.1) is 5.69 Å². The molecule has 1 heterocycles. The van der Waals surface area contributed by atoms with Crippen LogP contribution in [0.3, 0.4) is 0 Å². The number of nitrogens with zero attached hydrogens (tertiary/aromatic N) is 1. The van der Waals surface area contributed by atoms with Gasteiger partial charge in [-0.25, -0.2) is 4.39 Å². The van der Waals surface area contributed by atoms with Gasteiger partial charge in [-0.05, 0) is 30.7 Å². The molecule has 20 heavy (non-hydrogen) atoms. The average Bonchev–Trinajstić information content (AvgIpc) is 2.42. The molecule has 0 aliphatic rings. The maximum atomic E-state index is 13.8. The van der Waals surface area contributed by atoms with E-state index >= 15 is 0 Å². The fraction of sp³-hybridized carbons (Fsp3) is 0.200. The molecule has 0 bridgehead atoms. The monoisotopic (exact) mass is 273 g/mol. The van der Waals surface area contributed by atoms with Crippen molar-refractivity contribution in [1.82, 2.24) is 10.3 Å². The summed E-state index contributed by atoms with van der Waals surface area (Å²) >= 11 is 0. The van der Waals surface area contributed by atoms with Crippen molar-refractivity contribution in [3.63, 3.8) is 0 Å². The zero-order valence-electron chi connectivity index (χ0n) is 11.2. The van der Waals surface area contributed by atoms with Crippen molar-refractivity contribution in [1.29, 1.82) is 0 Å². The topological polar surface area (TPSA) is 68.0 Å². The number of amides is 1. The molecule has 4 nitrogen and oxygen atoms in total. The van der Waals surface area contributed by atoms with Crippen LogP contribution in [0.25, 0.3) is 0 Å². The van der Waals surface area contributed by atoms with E-state index in [1.165, 1.54) is 6.07 Å². The third-order valence-corrected chi connectivity index (χ3v) is 3.06. The first-order valence-corrected chi connectivity index (χ1v) is 6.27. The van der Waals surface area contributed by atoms with Gasteiger partial charge in [-0.1, -0.05) is 12.1 Å². The standard InChI is InChI=1S/C15H16FN3O/c1-10-3-2-6-19-14(10)9-18-8-12-5-4-11(15(17)20)7-13(12)16/h2-7,18H,8-9H2,1H3,(H2,17,20). The molecule has 0 saturated carbocycles. The minimum atomic E-state index is -0.632. The van der Waals surface area contributed by atoms with Gasteiger partial charge >= 0.3 is 0 Å². The zero-order chi connectivity index (χ0) is 14.5. The van der Waals surface area contributed by atoms with Gasteiger partial charge in [0, 0.05) is 30.4 Å². The van der Waals surface area contributed by atoms with Crippen LogP contribution in [0.4, 0.5) is 4.39 Å². The van der Waals surface area contributed by atoms with Crippen LogP contribution in [0.2, 0.25) is 0 Å². The third kappa shape index (κ3) is 3.39. The number of hydrogen-bond acceptors (Lipinski definition) is 3. The van der Waals surface area contributed by atoms with Crippen LogP contribution < -0.4 is 11.1 Å². The molecule has 0 aliphatic carbocycles. The Morgan fingerprint density at radius 2 is 2.15 bits per heavy atom. The summed E-state index contributed by atoms with van der Waals surface area (Å²) in [5.74, 6) is -1.07. The van der Waals surface area contributed by atoms with Crippen molar-refractivity contribution < 1.29 is 9.18 Å². The van der Waals surface area contributed by atoms with Crippen molar-refractivity contribution >= 4 is 5.91 Å². The van der Waals surface area contributed by atoms with Gasteiger partial charge < -0.3 is 11.1 Å². The summed E-state index contributed by atoms with van der Waals surface area (Å²) < 4.78 is 13.8. The van der Waals surface area contributed by atoms with E-state index in [0.29, 0.717) is 18.7 Å². The highest BCUT2D eigenvalue weighted by molar-refractivity contribution is 5.92. The summed E-state index contributed by atoms with van der Waals surface area (Å²) in [4.78, 5) is 15.2. The summed E-state index contributed by atoms with van der Waals surface area (Å²) in [5, 5.41) is 3.13. The normalized spacial score (nSPS) is 10.5. The van der Waals surface area contributed by atoms with Crippen LogP contribution in [0.1, 0.15) is 27.2 Å². The molecule has 1 aromatic heterocycles. The Morgan fingerprint density at radius 1 is 1.35 bits per heavy atom. The third-order valence-electron chi connectivity index (χ3n) is 3.06. The molecule has 0 saturated heterocycles. The SMILES string of the molecule is Cc1cccnc1CNCc1ccc(C(N)=O)cc1F. The highest BCUT2D eigenvalue weighted by atomic mass is 19.1. The number of aryl methyl sites for hydroxylation is 1. The average molecular weight is 273 g/mol. The zero-order valence-corrected chi connectivity index (χ0v) is 11.2. The molecule has 0 spiro atoms. The number of carbonyl (C=O) groups excluding carboxylic acids is 1. The second-order valence-electron chi connectivity index (χ2n) is 4.54. The van der Waals surface area contributed by atoms with Gasteiger partial charge in [0.25, 0.3) is 0 Å². The number of halogens is 1. The van der Waals surface area contributed by atoms with E-state index in [4.69, 9.17) is 5.73 Å². The molecular weight excluding hydrogens is 257 g/mol. The van der Waals surface area contributed by atoms with Gasteiger partial charge in [0.15, 0.2) is 0 Å². The van der Waals surface area contributed by atoms with Crippen LogP contribution in [-0.2, 0) is 13.1 Å². The molecular formula is C15H16FN3O. The number of benzene rings is 1. The second-order valence-corrected chi connectivity index (χ2v) is 4.54. The molecule has 0 fully saturated rings. The Bertz CT molecular complexity index is 628. The van der Waals surface area contributed by atoms with Crippen molar-refractivity contribution in [2.24, 2.45) is 5.73 Å². The highest BCUT2D eigenvalue weighted by Crippen LogP contribution is 2.10. The first-order valence-electron chi connectivity index (χ1n) is 6.27. The van der Waals surface area contributed by atoms with Crippen LogP contribution in [0, 0.1) is 12.7 Å². The first kappa shape index (κ1) is 14.1. The predicted octanol–water partition coefficient (Wildman–Crippen LogP) is 1.92. The van der Waals surface area contributed by atoms with E-state index in [9.17, 15) is 9.18 Å². The van der Waals surface area contributed by atoms with Gasteiger partial charge in [-0.3, -0.25) is 9.78 Å². The van der Waals surface area contributed by atoms with E-state index in [2.05, 4.69) is 10.3 Å². The van der Waals surface area contributed by atoms with E-state index < -0.39 is 11.7 Å². The highest BCUT2D eigenvalue weighted by Gasteiger charge is 2.07. The first-order chi connectivity index (χ1) is 9.58. The maximum absolute atomic E-state index is 13.8. The van der Waals surface area contributed by atoms with Gasteiger partial charge in [-0.15, -0.1) is 0 Å². The van der Waals surface area contributed by atoms with E-state index in [-0.39, 0.29) is 5.56 Å². The van der Waals surface area contributed by atoms with E-state index in [0.717, 1.165) is 17.3 Å². The molecule has 0 aliphatic heterocycles. The van der Waals surface area contributed by atoms with Crippen LogP contribution in [0.5, 0.6) is 0 Å². The molecule has 2 rings (SSSR count). The Hall–Kier alpha value is -2.27. The Balaban J connectivity index is 1.98. The summed E-state index contributed by atoms with van der Waals surface area (Å²) in [6.45, 7) is 2.90. The molecule has 1 amide bonds. The van der Waals surface area contributed by atoms with Gasteiger partial charge in [-0.2, -0.15) is 0 Å². The molecule has 0 atom stereocenters. The van der Waals surface area contributed by atoms with Crippen molar-refractivity contribution in [2.45, 2.75) is 20.0 Å². The lowest BCUT2D eigenvalue weighted by Gasteiger charge is -2.08. The van der Waals surface area contributed by atoms with Crippen molar-refractivity contribution in [3.05, 3.63) is 64.7 Å². The molecule has 0 radical (unpaired) electrons. The number of primary amides is 1. The molecule has 1 aromatic carbocycles. The Kier molecular flexibility index (Phi) is 4.42. The number of aromatic nitrogens is 1. The fourth-order valence-electron chi connectivity index (χ4n) is 1.86. The number of pyridine rings is 1. The molecule has 2 aromatic rings. The molecule has 104 valence electrons. The number of nitrogens with two attached hydrogens (primary N) is 1. The molecule has 0 unspecified atom stereocenters. The summed E-state index contributed by atoms with van der Waals surface area (Å²) in [7, 11) is 0. The van der Waals surface area contributed by atoms with Crippen LogP contribution in [-0.4, -0.2) is 10.9 Å². The van der Waals surface area contributed by atoms with E-state index in [1.54, 1.807) is 12.3 Å². The fourth-order valence-corrected chi connectivity index (χ4v) is 1.86. The van der Waals surface area contributed by atoms with Gasteiger partial charge in [0.1, 0.15) is 5.82 Å². The lowest BCUT2D eigenvalue weighted by atomic mass is 10.1. The number of carbonyl (C=O) groups is 1. The molecule has 3 N–H and O–H groups in total. The maximum Gasteiger partial charge on any atom is 0.248 e. The number of hydrogen-bond donors (Lipinski definition) is 2. The Morgan fingerprint density at radius 3 is 2.80 bits per heavy atom. The number of nitrogens with one attached hydrogen (secondary N) is 1. The van der Waals surface area contributed by atoms with E-state index in [1.807, 2.05) is 19.1 Å². The second kappa shape index (κ2) is 6.25. The van der Waals surface area contributed by atoms with Gasteiger partial charge in [0.2, 0.25) is 5.91 Å². The smallest absolute Gasteiger partial charge is 0.248 e. The Labute approximate surface area is 116 Å². The van der Waals surface area contributed by atoms with Crippen molar-refractivity contribution in [3.8, 4) is 0 Å². The van der Waals surface area contributed by atoms with Crippen LogP contribution >= 0.6 is 0 Å². The molecule has 5 heteroatoms. The summed E-state index contributed by atoms with van der Waals surface area (Å²) in [5.41, 5.74) is 7.78. The minimum Gasteiger partial charge on any atom is -0.366 e. The lowest BCUT2D eigenvalue weighted by molar-refractivity contribution is 0.1000. The number of rotatable bonds is 5. The quantitative estimate of drug-likeness (QED) is 0.874. The van der Waals surface area contributed by atoms with Crippen molar-refractivity contribution in [2.75, 3.05) is 0 Å². The largest absolute Gasteiger partial charge is 0.366 e. The summed E-state index contributed by atoms with van der Waals surface area (Å²) in [6.07, 6.45) is 1.73. The van der Waals surface area contributed by atoms with Crippen LogP contribution in [0.15, 0.2) is 36.5 Å². The summed E-state index contributed by atoms with van der Waals surface area (Å²) in [6, 6.07) is 8.10. The lowest BCUT2D eigenvalue weighted by Crippen LogP contribution is -2.16. The minimum absolute atomic E-state index is 0.173. The predicted molar refractivity (Wildman–Crippen MR) is 74.4 cm³/mol.